The Kier molecular flexibility index (Phi) is 6.67. The van der Waals surface area contributed by atoms with E-state index in [9.17, 15) is 4.79 Å². The first kappa shape index (κ1) is 15.8. The lowest BCUT2D eigenvalue weighted by atomic mass is 10.2. The Labute approximate surface area is 105 Å². The van der Waals surface area contributed by atoms with Gasteiger partial charge in [0.25, 0.3) is 0 Å². The number of hydrogen-bond donors (Lipinski definition) is 1. The van der Waals surface area contributed by atoms with Gasteiger partial charge >= 0.3 is 6.09 Å². The largest absolute Gasteiger partial charge is 0.444 e. The van der Waals surface area contributed by atoms with Crippen molar-refractivity contribution in [3.8, 4) is 12.3 Å². The summed E-state index contributed by atoms with van der Waals surface area (Å²) in [6.45, 7) is 11.2. The van der Waals surface area contributed by atoms with Crippen molar-refractivity contribution in [2.24, 2.45) is 0 Å². The van der Waals surface area contributed by atoms with E-state index in [-0.39, 0.29) is 12.6 Å². The van der Waals surface area contributed by atoms with Crippen molar-refractivity contribution in [1.82, 2.24) is 10.2 Å². The number of rotatable bonds is 5. The lowest BCUT2D eigenvalue weighted by molar-refractivity contribution is 0.0276. The number of terminal acetylenes is 1. The Morgan fingerprint density at radius 3 is 2.47 bits per heavy atom. The zero-order valence-electron chi connectivity index (χ0n) is 11.5. The molecule has 0 heterocycles. The van der Waals surface area contributed by atoms with E-state index in [0.717, 1.165) is 0 Å². The smallest absolute Gasteiger partial charge is 0.411 e. The summed E-state index contributed by atoms with van der Waals surface area (Å²) in [6.07, 6.45) is 4.88. The fourth-order valence-corrected chi connectivity index (χ4v) is 1.16. The third-order valence-corrected chi connectivity index (χ3v) is 1.87. The molecule has 0 bridgehead atoms. The van der Waals surface area contributed by atoms with Crippen LogP contribution in [0.1, 0.15) is 34.6 Å². The number of ether oxygens (including phenoxy) is 1. The molecule has 0 radical (unpaired) electrons. The van der Waals surface area contributed by atoms with E-state index < -0.39 is 5.60 Å². The first-order chi connectivity index (χ1) is 7.76. The minimum Gasteiger partial charge on any atom is -0.444 e. The maximum Gasteiger partial charge on any atom is 0.411 e. The predicted molar refractivity (Wildman–Crippen MR) is 69.8 cm³/mol. The molecular weight excluding hydrogens is 216 g/mol. The van der Waals surface area contributed by atoms with E-state index in [1.54, 1.807) is 0 Å². The Morgan fingerprint density at radius 1 is 1.47 bits per heavy atom. The van der Waals surface area contributed by atoms with E-state index in [0.29, 0.717) is 19.1 Å². The lowest BCUT2D eigenvalue weighted by Gasteiger charge is -2.26. The van der Waals surface area contributed by atoms with Crippen LogP contribution in [0, 0.1) is 12.3 Å². The summed E-state index contributed by atoms with van der Waals surface area (Å²) in [5, 5.41) is 3.23. The molecule has 0 aromatic rings. The standard InChI is InChI=1S/C13H24N2O2/c1-7-9-15(10-8-14-11(2)3)12(16)17-13(4,5)6/h1,11,14H,8-10H2,2-6H3. The van der Waals surface area contributed by atoms with Crippen LogP contribution in [0.3, 0.4) is 0 Å². The monoisotopic (exact) mass is 240 g/mol. The topological polar surface area (TPSA) is 41.6 Å². The number of nitrogens with one attached hydrogen (secondary N) is 1. The molecule has 0 unspecified atom stereocenters. The molecule has 0 aliphatic heterocycles. The molecule has 0 spiro atoms. The summed E-state index contributed by atoms with van der Waals surface area (Å²) in [6, 6.07) is 0.390. The lowest BCUT2D eigenvalue weighted by Crippen LogP contribution is -2.41. The SMILES string of the molecule is C#CCN(CCNC(C)C)C(=O)OC(C)(C)C. The molecular formula is C13H24N2O2. The van der Waals surface area contributed by atoms with E-state index >= 15 is 0 Å². The summed E-state index contributed by atoms with van der Waals surface area (Å²) in [5.74, 6) is 2.47. The zero-order valence-corrected chi connectivity index (χ0v) is 11.5. The molecule has 0 saturated carbocycles. The Balaban J connectivity index is 4.22. The van der Waals surface area contributed by atoms with Crippen LogP contribution in [0.15, 0.2) is 0 Å². The van der Waals surface area contributed by atoms with Crippen LogP contribution in [0.4, 0.5) is 4.79 Å². The van der Waals surface area contributed by atoms with Crippen LogP contribution in [0.2, 0.25) is 0 Å². The third-order valence-electron chi connectivity index (χ3n) is 1.87. The van der Waals surface area contributed by atoms with Crippen LogP contribution in [0.25, 0.3) is 0 Å². The van der Waals surface area contributed by atoms with Gasteiger partial charge in [-0.3, -0.25) is 4.90 Å². The van der Waals surface area contributed by atoms with Crippen molar-refractivity contribution in [1.29, 1.82) is 0 Å². The molecule has 98 valence electrons. The Bertz CT molecular complexity index is 274. The fourth-order valence-electron chi connectivity index (χ4n) is 1.16. The van der Waals surface area contributed by atoms with Crippen molar-refractivity contribution in [2.45, 2.75) is 46.3 Å². The number of hydrogen-bond acceptors (Lipinski definition) is 3. The van der Waals surface area contributed by atoms with Gasteiger partial charge in [-0.1, -0.05) is 19.8 Å². The van der Waals surface area contributed by atoms with E-state index in [4.69, 9.17) is 11.2 Å². The zero-order chi connectivity index (χ0) is 13.5. The molecule has 0 rings (SSSR count). The number of amides is 1. The van der Waals surface area contributed by atoms with Crippen molar-refractivity contribution in [3.05, 3.63) is 0 Å². The summed E-state index contributed by atoms with van der Waals surface area (Å²) in [7, 11) is 0. The van der Waals surface area contributed by atoms with E-state index in [1.807, 2.05) is 20.8 Å². The third kappa shape index (κ3) is 8.58. The Morgan fingerprint density at radius 2 is 2.06 bits per heavy atom. The van der Waals surface area contributed by atoms with Gasteiger partial charge < -0.3 is 10.1 Å². The van der Waals surface area contributed by atoms with Gasteiger partial charge in [-0.15, -0.1) is 6.42 Å². The van der Waals surface area contributed by atoms with Gasteiger partial charge in [-0.05, 0) is 20.8 Å². The average Bonchev–Trinajstić information content (AvgIpc) is 2.13. The van der Waals surface area contributed by atoms with Gasteiger partial charge in [0.2, 0.25) is 0 Å². The first-order valence-electron chi connectivity index (χ1n) is 5.91. The van der Waals surface area contributed by atoms with Gasteiger partial charge in [0.15, 0.2) is 0 Å². The van der Waals surface area contributed by atoms with Crippen molar-refractivity contribution in [3.63, 3.8) is 0 Å². The minimum atomic E-state index is -0.491. The highest BCUT2D eigenvalue weighted by molar-refractivity contribution is 5.68. The molecule has 4 heteroatoms. The highest BCUT2D eigenvalue weighted by atomic mass is 16.6. The van der Waals surface area contributed by atoms with Gasteiger partial charge in [-0.2, -0.15) is 0 Å². The molecule has 0 aromatic carbocycles. The molecule has 0 saturated heterocycles. The molecule has 0 aliphatic rings. The van der Waals surface area contributed by atoms with Gasteiger partial charge in [0.05, 0.1) is 6.54 Å². The second-order valence-corrected chi connectivity index (χ2v) is 5.21. The summed E-state index contributed by atoms with van der Waals surface area (Å²) in [5.41, 5.74) is -0.491. The maximum atomic E-state index is 11.8. The van der Waals surface area contributed by atoms with Crippen LogP contribution >= 0.6 is 0 Å². The maximum absolute atomic E-state index is 11.8. The fraction of sp³-hybridized carbons (Fsp3) is 0.769. The summed E-state index contributed by atoms with van der Waals surface area (Å²) in [4.78, 5) is 13.3. The molecule has 17 heavy (non-hydrogen) atoms. The molecule has 0 fully saturated rings. The van der Waals surface area contributed by atoms with Crippen molar-refractivity contribution >= 4 is 6.09 Å². The molecule has 0 aliphatic carbocycles. The Hall–Kier alpha value is -1.21. The van der Waals surface area contributed by atoms with Gasteiger partial charge in [-0.25, -0.2) is 4.79 Å². The number of carbonyl (C=O) groups excluding carboxylic acids is 1. The highest BCUT2D eigenvalue weighted by Gasteiger charge is 2.21. The summed E-state index contributed by atoms with van der Waals surface area (Å²) < 4.78 is 5.27. The molecule has 1 N–H and O–H groups in total. The quantitative estimate of drug-likeness (QED) is 0.746. The van der Waals surface area contributed by atoms with Crippen molar-refractivity contribution in [2.75, 3.05) is 19.6 Å². The minimum absolute atomic E-state index is 0.273. The molecule has 0 atom stereocenters. The normalized spacial score (nSPS) is 11.1. The summed E-state index contributed by atoms with van der Waals surface area (Å²) >= 11 is 0. The van der Waals surface area contributed by atoms with Gasteiger partial charge in [0.1, 0.15) is 5.60 Å². The van der Waals surface area contributed by atoms with E-state index in [1.165, 1.54) is 4.90 Å². The predicted octanol–water partition coefficient (Wildman–Crippen LogP) is 1.85. The number of carbonyl (C=O) groups is 1. The van der Waals surface area contributed by atoms with Crippen molar-refractivity contribution < 1.29 is 9.53 Å². The molecule has 0 aromatic heterocycles. The van der Waals surface area contributed by atoms with Crippen LogP contribution in [-0.4, -0.2) is 42.3 Å². The van der Waals surface area contributed by atoms with Crippen LogP contribution < -0.4 is 5.32 Å². The van der Waals surface area contributed by atoms with Crippen LogP contribution in [-0.2, 0) is 4.74 Å². The van der Waals surface area contributed by atoms with E-state index in [2.05, 4.69) is 25.1 Å². The average molecular weight is 240 g/mol. The highest BCUT2D eigenvalue weighted by Crippen LogP contribution is 2.09. The molecule has 1 amide bonds. The first-order valence-corrected chi connectivity index (χ1v) is 5.91. The second kappa shape index (κ2) is 7.18. The number of nitrogens with zero attached hydrogens (tertiary/aromatic N) is 1. The van der Waals surface area contributed by atoms with Crippen LogP contribution in [0.5, 0.6) is 0 Å². The second-order valence-electron chi connectivity index (χ2n) is 5.21. The van der Waals surface area contributed by atoms with Gasteiger partial charge in [0, 0.05) is 19.1 Å². The molecule has 4 nitrogen and oxygen atoms in total.